The van der Waals surface area contributed by atoms with Gasteiger partial charge in [0.2, 0.25) is 0 Å². The van der Waals surface area contributed by atoms with E-state index in [9.17, 15) is 4.79 Å². The van der Waals surface area contributed by atoms with E-state index in [2.05, 4.69) is 36.3 Å². The SMILES string of the molecule is N#CC=CNC(=O)S.NC(=O)S. The number of nitrogens with zero attached hydrogens (tertiary/aromatic N) is 1. The zero-order valence-electron chi connectivity index (χ0n) is 5.89. The van der Waals surface area contributed by atoms with Crippen molar-refractivity contribution in [3.8, 4) is 6.07 Å². The first-order chi connectivity index (χ1) is 5.50. The van der Waals surface area contributed by atoms with Crippen LogP contribution in [0, 0.1) is 11.3 Å². The molecule has 0 saturated carbocycles. The standard InChI is InChI=1S/C4H4N2OS.CH3NOS/c5-2-1-3-6-4(7)8;2-1(3)4/h1,3H,(H2,6,7,8);(H3,2,3,4). The smallest absolute Gasteiger partial charge is 0.279 e. The summed E-state index contributed by atoms with van der Waals surface area (Å²) in [6.45, 7) is 0. The van der Waals surface area contributed by atoms with Crippen LogP contribution in [-0.2, 0) is 0 Å². The van der Waals surface area contributed by atoms with Crippen molar-refractivity contribution < 1.29 is 9.59 Å². The van der Waals surface area contributed by atoms with E-state index < -0.39 is 10.5 Å². The van der Waals surface area contributed by atoms with E-state index in [1.807, 2.05) is 0 Å². The number of primary amides is 1. The summed E-state index contributed by atoms with van der Waals surface area (Å²) in [5, 5.41) is 8.92. The summed E-state index contributed by atoms with van der Waals surface area (Å²) in [5.74, 6) is 0. The van der Waals surface area contributed by atoms with Crippen LogP contribution in [0.1, 0.15) is 0 Å². The van der Waals surface area contributed by atoms with Gasteiger partial charge in [0, 0.05) is 12.3 Å². The van der Waals surface area contributed by atoms with Crippen LogP contribution in [0.15, 0.2) is 12.3 Å². The summed E-state index contributed by atoms with van der Waals surface area (Å²) in [7, 11) is 0. The second-order valence-corrected chi connectivity index (χ2v) is 2.10. The molecule has 0 aliphatic rings. The van der Waals surface area contributed by atoms with Crippen LogP contribution in [0.3, 0.4) is 0 Å². The summed E-state index contributed by atoms with van der Waals surface area (Å²) in [5.41, 5.74) is 4.34. The number of nitrogens with two attached hydrogens (primary N) is 1. The molecule has 0 spiro atoms. The third kappa shape index (κ3) is 36.7. The average molecular weight is 205 g/mol. The van der Waals surface area contributed by atoms with Gasteiger partial charge in [0.15, 0.2) is 0 Å². The maximum atomic E-state index is 9.91. The number of carbonyl (C=O) groups is 2. The Bertz CT molecular complexity index is 217. The number of rotatable bonds is 1. The molecule has 0 atom stereocenters. The van der Waals surface area contributed by atoms with Gasteiger partial charge in [-0.3, -0.25) is 9.59 Å². The lowest BCUT2D eigenvalue weighted by atomic mass is 10.7. The maximum absolute atomic E-state index is 9.91. The lowest BCUT2D eigenvalue weighted by molar-refractivity contribution is 0.263. The molecular formula is C5H7N3O2S2. The van der Waals surface area contributed by atoms with Crippen molar-refractivity contribution >= 4 is 35.7 Å². The van der Waals surface area contributed by atoms with Gasteiger partial charge in [0.05, 0.1) is 6.07 Å². The third-order valence-corrected chi connectivity index (χ3v) is 0.494. The Morgan fingerprint density at radius 1 is 1.50 bits per heavy atom. The van der Waals surface area contributed by atoms with Crippen LogP contribution >= 0.6 is 25.3 Å². The number of allylic oxidation sites excluding steroid dienone is 1. The lowest BCUT2D eigenvalue weighted by Crippen LogP contribution is -2.06. The number of thiol groups is 2. The first-order valence-electron chi connectivity index (χ1n) is 2.53. The predicted octanol–water partition coefficient (Wildman–Crippen LogP) is 0.658. The molecule has 12 heavy (non-hydrogen) atoms. The number of nitriles is 1. The van der Waals surface area contributed by atoms with E-state index >= 15 is 0 Å². The minimum atomic E-state index is -0.639. The van der Waals surface area contributed by atoms with Gasteiger partial charge in [-0.15, -0.1) is 0 Å². The fourth-order valence-corrected chi connectivity index (χ4v) is 0.225. The Kier molecular flexibility index (Phi) is 11.1. The number of nitrogens with one attached hydrogen (secondary N) is 1. The first kappa shape index (κ1) is 13.5. The van der Waals surface area contributed by atoms with Gasteiger partial charge >= 0.3 is 0 Å². The Morgan fingerprint density at radius 3 is 2.17 bits per heavy atom. The van der Waals surface area contributed by atoms with Crippen LogP contribution in [0.25, 0.3) is 0 Å². The molecular weight excluding hydrogens is 198 g/mol. The van der Waals surface area contributed by atoms with Crippen LogP contribution < -0.4 is 11.1 Å². The van der Waals surface area contributed by atoms with E-state index in [-0.39, 0.29) is 0 Å². The van der Waals surface area contributed by atoms with Gasteiger partial charge in [-0.1, -0.05) is 25.3 Å². The van der Waals surface area contributed by atoms with Gasteiger partial charge in [-0.25, -0.2) is 0 Å². The number of hydrogen-bond acceptors (Lipinski definition) is 3. The molecule has 0 aromatic rings. The molecule has 7 heteroatoms. The summed E-state index contributed by atoms with van der Waals surface area (Å²) >= 11 is 6.47. The highest BCUT2D eigenvalue weighted by Crippen LogP contribution is 1.73. The minimum absolute atomic E-state index is 0.475. The first-order valence-corrected chi connectivity index (χ1v) is 3.42. The maximum Gasteiger partial charge on any atom is 0.279 e. The monoisotopic (exact) mass is 205 g/mol. The fraction of sp³-hybridized carbons (Fsp3) is 0. The Morgan fingerprint density at radius 2 is 1.92 bits per heavy atom. The van der Waals surface area contributed by atoms with Crippen LogP contribution in [-0.4, -0.2) is 10.5 Å². The van der Waals surface area contributed by atoms with Crippen molar-refractivity contribution in [2.24, 2.45) is 5.73 Å². The molecule has 0 aliphatic carbocycles. The molecule has 0 radical (unpaired) electrons. The highest BCUT2D eigenvalue weighted by Gasteiger charge is 1.80. The topological polar surface area (TPSA) is 96.0 Å². The summed E-state index contributed by atoms with van der Waals surface area (Å²) in [6.07, 6.45) is 2.36. The highest BCUT2D eigenvalue weighted by molar-refractivity contribution is 7.96. The van der Waals surface area contributed by atoms with Crippen molar-refractivity contribution in [1.29, 1.82) is 5.26 Å². The Hall–Kier alpha value is -1.13. The molecule has 0 unspecified atom stereocenters. The molecule has 0 heterocycles. The van der Waals surface area contributed by atoms with Gasteiger partial charge in [-0.05, 0) is 0 Å². The van der Waals surface area contributed by atoms with Crippen LogP contribution in [0.2, 0.25) is 0 Å². The van der Waals surface area contributed by atoms with E-state index in [1.54, 1.807) is 6.07 Å². The molecule has 0 aromatic heterocycles. The predicted molar refractivity (Wildman–Crippen MR) is 50.8 cm³/mol. The van der Waals surface area contributed by atoms with Crippen molar-refractivity contribution in [2.45, 2.75) is 0 Å². The van der Waals surface area contributed by atoms with Gasteiger partial charge in [0.25, 0.3) is 10.5 Å². The molecule has 3 N–H and O–H groups in total. The van der Waals surface area contributed by atoms with Crippen molar-refractivity contribution in [3.05, 3.63) is 12.3 Å². The molecule has 2 amide bonds. The van der Waals surface area contributed by atoms with Crippen molar-refractivity contribution in [1.82, 2.24) is 5.32 Å². The normalized spacial score (nSPS) is 7.75. The van der Waals surface area contributed by atoms with E-state index in [0.29, 0.717) is 0 Å². The lowest BCUT2D eigenvalue weighted by Gasteiger charge is -1.83. The molecule has 0 rings (SSSR count). The van der Waals surface area contributed by atoms with Gasteiger partial charge < -0.3 is 11.1 Å². The third-order valence-electron chi connectivity index (χ3n) is 0.365. The molecule has 66 valence electrons. The van der Waals surface area contributed by atoms with Crippen LogP contribution in [0.4, 0.5) is 9.59 Å². The molecule has 0 saturated heterocycles. The highest BCUT2D eigenvalue weighted by atomic mass is 32.1. The van der Waals surface area contributed by atoms with Gasteiger partial charge in [-0.2, -0.15) is 5.26 Å². The quantitative estimate of drug-likeness (QED) is 0.374. The minimum Gasteiger partial charge on any atom is -0.361 e. The number of hydrogen-bond donors (Lipinski definition) is 4. The van der Waals surface area contributed by atoms with E-state index in [4.69, 9.17) is 10.1 Å². The summed E-state index contributed by atoms with van der Waals surface area (Å²) < 4.78 is 0. The van der Waals surface area contributed by atoms with Crippen molar-refractivity contribution in [3.63, 3.8) is 0 Å². The van der Waals surface area contributed by atoms with Gasteiger partial charge in [0.1, 0.15) is 0 Å². The number of carbonyl (C=O) groups excluding carboxylic acids is 2. The second kappa shape index (κ2) is 9.87. The molecule has 0 bridgehead atoms. The zero-order chi connectivity index (χ0) is 9.98. The van der Waals surface area contributed by atoms with Crippen molar-refractivity contribution in [2.75, 3.05) is 0 Å². The fourth-order valence-electron chi connectivity index (χ4n) is 0.150. The number of amides is 2. The van der Waals surface area contributed by atoms with Crippen LogP contribution in [0.5, 0.6) is 0 Å². The molecule has 0 aliphatic heterocycles. The molecule has 0 aromatic carbocycles. The summed E-state index contributed by atoms with van der Waals surface area (Å²) in [6, 6.07) is 1.69. The van der Waals surface area contributed by atoms with E-state index in [0.717, 1.165) is 6.08 Å². The molecule has 5 nitrogen and oxygen atoms in total. The Balaban J connectivity index is 0. The van der Waals surface area contributed by atoms with E-state index in [1.165, 1.54) is 6.20 Å². The largest absolute Gasteiger partial charge is 0.361 e. The average Bonchev–Trinajstić information content (AvgIpc) is 1.86. The summed E-state index contributed by atoms with van der Waals surface area (Å²) in [4.78, 5) is 19.0. The molecule has 0 fully saturated rings. The second-order valence-electron chi connectivity index (χ2n) is 1.25. The Labute approximate surface area is 80.4 Å². The zero-order valence-corrected chi connectivity index (χ0v) is 7.68.